The van der Waals surface area contributed by atoms with Crippen LogP contribution < -0.4 is 4.74 Å². The number of hydrogen-bond donors (Lipinski definition) is 1. The molecular weight excluding hydrogens is 256 g/mol. The van der Waals surface area contributed by atoms with E-state index in [-0.39, 0.29) is 5.69 Å². The molecule has 1 N–H and O–H groups in total. The first-order valence-corrected chi connectivity index (χ1v) is 6.35. The highest BCUT2D eigenvalue weighted by atomic mass is 16.5. The van der Waals surface area contributed by atoms with E-state index in [2.05, 4.69) is 23.8 Å². The fourth-order valence-electron chi connectivity index (χ4n) is 1.62. The number of nitrogens with zero attached hydrogens (tertiary/aromatic N) is 2. The number of aromatic nitrogens is 2. The zero-order valence-electron chi connectivity index (χ0n) is 11.4. The second-order valence-electron chi connectivity index (χ2n) is 4.83. The van der Waals surface area contributed by atoms with Crippen LogP contribution >= 0.6 is 0 Å². The summed E-state index contributed by atoms with van der Waals surface area (Å²) in [6, 6.07) is 7.39. The summed E-state index contributed by atoms with van der Waals surface area (Å²) < 4.78 is 5.64. The van der Waals surface area contributed by atoms with E-state index < -0.39 is 5.97 Å². The second kappa shape index (κ2) is 6.14. The smallest absolute Gasteiger partial charge is 0.356 e. The molecule has 1 aromatic heterocycles. The van der Waals surface area contributed by atoms with Crippen LogP contribution in [0.5, 0.6) is 5.75 Å². The third-order valence-electron chi connectivity index (χ3n) is 2.57. The Bertz CT molecular complexity index is 612. The van der Waals surface area contributed by atoms with Crippen molar-refractivity contribution >= 4 is 5.97 Å². The number of aromatic carboxylic acids is 1. The Balaban J connectivity index is 2.26. The Morgan fingerprint density at radius 3 is 2.85 bits per heavy atom. The maximum absolute atomic E-state index is 10.9. The lowest BCUT2D eigenvalue weighted by Crippen LogP contribution is -2.04. The first kappa shape index (κ1) is 14.0. The van der Waals surface area contributed by atoms with Gasteiger partial charge in [0.25, 0.3) is 0 Å². The molecule has 0 bridgehead atoms. The van der Waals surface area contributed by atoms with Crippen LogP contribution in [0, 0.1) is 5.92 Å². The van der Waals surface area contributed by atoms with Gasteiger partial charge in [-0.25, -0.2) is 9.78 Å². The van der Waals surface area contributed by atoms with Gasteiger partial charge in [0.1, 0.15) is 5.75 Å². The summed E-state index contributed by atoms with van der Waals surface area (Å²) in [6.45, 7) is 4.78. The van der Waals surface area contributed by atoms with E-state index in [1.165, 1.54) is 12.4 Å². The molecule has 0 aliphatic carbocycles. The summed E-state index contributed by atoms with van der Waals surface area (Å²) in [4.78, 5) is 18.9. The van der Waals surface area contributed by atoms with Crippen molar-refractivity contribution in [2.24, 2.45) is 5.92 Å². The first-order valence-electron chi connectivity index (χ1n) is 6.35. The van der Waals surface area contributed by atoms with Gasteiger partial charge in [0.15, 0.2) is 5.69 Å². The molecule has 0 aliphatic heterocycles. The van der Waals surface area contributed by atoms with Crippen LogP contribution in [0.25, 0.3) is 11.3 Å². The van der Waals surface area contributed by atoms with Crippen LogP contribution in [0.1, 0.15) is 24.3 Å². The quantitative estimate of drug-likeness (QED) is 0.906. The predicted molar refractivity (Wildman–Crippen MR) is 74.8 cm³/mol. The molecule has 2 rings (SSSR count). The van der Waals surface area contributed by atoms with Gasteiger partial charge in [-0.3, -0.25) is 4.98 Å². The summed E-state index contributed by atoms with van der Waals surface area (Å²) in [7, 11) is 0. The molecule has 1 heterocycles. The molecule has 0 amide bonds. The maximum atomic E-state index is 10.9. The SMILES string of the molecule is CC(C)COc1cccc(-c2cncc(C(=O)O)n2)c1. The number of hydrogen-bond acceptors (Lipinski definition) is 4. The number of benzene rings is 1. The van der Waals surface area contributed by atoms with Gasteiger partial charge in [0.2, 0.25) is 0 Å². The van der Waals surface area contributed by atoms with Gasteiger partial charge in [0, 0.05) is 5.56 Å². The largest absolute Gasteiger partial charge is 0.493 e. The normalized spacial score (nSPS) is 10.6. The number of carbonyl (C=O) groups is 1. The minimum atomic E-state index is -1.09. The first-order chi connectivity index (χ1) is 9.56. The number of rotatable bonds is 5. The average Bonchev–Trinajstić information content (AvgIpc) is 2.45. The lowest BCUT2D eigenvalue weighted by atomic mass is 10.1. The van der Waals surface area contributed by atoms with Gasteiger partial charge < -0.3 is 9.84 Å². The van der Waals surface area contributed by atoms with Crippen LogP contribution in [0.15, 0.2) is 36.7 Å². The average molecular weight is 272 g/mol. The lowest BCUT2D eigenvalue weighted by molar-refractivity contribution is 0.0690. The minimum Gasteiger partial charge on any atom is -0.493 e. The molecular formula is C15H16N2O3. The molecule has 0 saturated heterocycles. The van der Waals surface area contributed by atoms with Crippen LogP contribution in [0.3, 0.4) is 0 Å². The Labute approximate surface area is 117 Å². The third kappa shape index (κ3) is 3.54. The van der Waals surface area contributed by atoms with Gasteiger partial charge in [-0.05, 0) is 18.1 Å². The van der Waals surface area contributed by atoms with Crippen molar-refractivity contribution in [2.45, 2.75) is 13.8 Å². The van der Waals surface area contributed by atoms with Crippen LogP contribution in [-0.4, -0.2) is 27.7 Å². The van der Waals surface area contributed by atoms with Gasteiger partial charge in [-0.2, -0.15) is 0 Å². The van der Waals surface area contributed by atoms with E-state index in [1.807, 2.05) is 24.3 Å². The standard InChI is InChI=1S/C15H16N2O3/c1-10(2)9-20-12-5-3-4-11(6-12)13-7-16-8-14(17-13)15(18)19/h3-8,10H,9H2,1-2H3,(H,18,19). The molecule has 0 fully saturated rings. The van der Waals surface area contributed by atoms with Gasteiger partial charge in [-0.15, -0.1) is 0 Å². The summed E-state index contributed by atoms with van der Waals surface area (Å²) >= 11 is 0. The summed E-state index contributed by atoms with van der Waals surface area (Å²) in [5.41, 5.74) is 1.22. The Kier molecular flexibility index (Phi) is 4.30. The lowest BCUT2D eigenvalue weighted by Gasteiger charge is -2.09. The highest BCUT2D eigenvalue weighted by Gasteiger charge is 2.08. The highest BCUT2D eigenvalue weighted by molar-refractivity contribution is 5.85. The third-order valence-corrected chi connectivity index (χ3v) is 2.57. The van der Waals surface area contributed by atoms with Gasteiger partial charge in [0.05, 0.1) is 24.7 Å². The Morgan fingerprint density at radius 1 is 1.35 bits per heavy atom. The fourth-order valence-corrected chi connectivity index (χ4v) is 1.62. The van der Waals surface area contributed by atoms with Crippen LogP contribution in [-0.2, 0) is 0 Å². The van der Waals surface area contributed by atoms with Crippen molar-refractivity contribution in [3.63, 3.8) is 0 Å². The molecule has 0 aliphatic rings. The summed E-state index contributed by atoms with van der Waals surface area (Å²) in [5.74, 6) is 0.0825. The molecule has 5 heteroatoms. The molecule has 0 atom stereocenters. The molecule has 104 valence electrons. The van der Waals surface area contributed by atoms with E-state index in [0.29, 0.717) is 18.2 Å². The Morgan fingerprint density at radius 2 is 2.15 bits per heavy atom. The van der Waals surface area contributed by atoms with Gasteiger partial charge in [-0.1, -0.05) is 26.0 Å². The van der Waals surface area contributed by atoms with Crippen molar-refractivity contribution < 1.29 is 14.6 Å². The highest BCUT2D eigenvalue weighted by Crippen LogP contribution is 2.22. The monoisotopic (exact) mass is 272 g/mol. The fraction of sp³-hybridized carbons (Fsp3) is 0.267. The minimum absolute atomic E-state index is 0.0731. The van der Waals surface area contributed by atoms with E-state index in [9.17, 15) is 4.79 Å². The molecule has 20 heavy (non-hydrogen) atoms. The summed E-state index contributed by atoms with van der Waals surface area (Å²) in [6.07, 6.45) is 2.76. The van der Waals surface area contributed by atoms with Crippen molar-refractivity contribution in [1.82, 2.24) is 9.97 Å². The van der Waals surface area contributed by atoms with Gasteiger partial charge >= 0.3 is 5.97 Å². The topological polar surface area (TPSA) is 72.3 Å². The van der Waals surface area contributed by atoms with E-state index in [1.54, 1.807) is 0 Å². The van der Waals surface area contributed by atoms with Crippen LogP contribution in [0.2, 0.25) is 0 Å². The van der Waals surface area contributed by atoms with Crippen molar-refractivity contribution in [1.29, 1.82) is 0 Å². The second-order valence-corrected chi connectivity index (χ2v) is 4.83. The van der Waals surface area contributed by atoms with E-state index >= 15 is 0 Å². The summed E-state index contributed by atoms with van der Waals surface area (Å²) in [5, 5.41) is 8.93. The molecule has 0 spiro atoms. The zero-order chi connectivity index (χ0) is 14.5. The van der Waals surface area contributed by atoms with Crippen molar-refractivity contribution in [3.8, 4) is 17.0 Å². The van der Waals surface area contributed by atoms with E-state index in [0.717, 1.165) is 11.3 Å². The maximum Gasteiger partial charge on any atom is 0.356 e. The molecule has 0 saturated carbocycles. The number of ether oxygens (including phenoxy) is 1. The number of carboxylic acids is 1. The molecule has 1 aromatic carbocycles. The molecule has 0 radical (unpaired) electrons. The molecule has 0 unspecified atom stereocenters. The van der Waals surface area contributed by atoms with Crippen molar-refractivity contribution in [2.75, 3.05) is 6.61 Å². The van der Waals surface area contributed by atoms with Crippen molar-refractivity contribution in [3.05, 3.63) is 42.4 Å². The zero-order valence-corrected chi connectivity index (χ0v) is 11.4. The predicted octanol–water partition coefficient (Wildman–Crippen LogP) is 2.88. The molecule has 5 nitrogen and oxygen atoms in total. The molecule has 2 aromatic rings. The van der Waals surface area contributed by atoms with E-state index in [4.69, 9.17) is 9.84 Å². The Hall–Kier alpha value is -2.43. The number of carboxylic acid groups (broad SMARTS) is 1. The van der Waals surface area contributed by atoms with Crippen LogP contribution in [0.4, 0.5) is 0 Å².